The Balaban J connectivity index is 1.35. The zero-order valence-electron chi connectivity index (χ0n) is 15.3. The van der Waals surface area contributed by atoms with E-state index in [0.717, 1.165) is 22.9 Å². The molecule has 0 saturated carbocycles. The molecule has 6 heteroatoms. The number of nitrogens with one attached hydrogen (secondary N) is 2. The topological polar surface area (TPSA) is 79.8 Å². The van der Waals surface area contributed by atoms with Gasteiger partial charge in [0.1, 0.15) is 5.56 Å². The summed E-state index contributed by atoms with van der Waals surface area (Å²) < 4.78 is 1.92. The standard InChI is InChI=1S/C22H20N4O2/c27-21(18-11-12-19(25-22(18)28)16-7-2-1-3-8-16)23-13-6-14-26-20-10-5-4-9-17(20)15-24-26/h1-5,7-12,15H,6,13-14H2,(H,23,27)(H,25,28). The molecule has 0 spiro atoms. The Morgan fingerprint density at radius 1 is 1.00 bits per heavy atom. The van der Waals surface area contributed by atoms with Crippen LogP contribution in [0.5, 0.6) is 0 Å². The van der Waals surface area contributed by atoms with Crippen molar-refractivity contribution in [2.45, 2.75) is 13.0 Å². The van der Waals surface area contributed by atoms with Crippen LogP contribution in [0.25, 0.3) is 22.2 Å². The highest BCUT2D eigenvalue weighted by Gasteiger charge is 2.11. The van der Waals surface area contributed by atoms with Crippen LogP contribution in [0.2, 0.25) is 0 Å². The van der Waals surface area contributed by atoms with Gasteiger partial charge in [0, 0.05) is 24.2 Å². The molecule has 2 aromatic heterocycles. The molecule has 1 amide bonds. The number of aromatic amines is 1. The van der Waals surface area contributed by atoms with Crippen LogP contribution in [0.4, 0.5) is 0 Å². The molecule has 4 aromatic rings. The van der Waals surface area contributed by atoms with E-state index in [1.165, 1.54) is 0 Å². The zero-order chi connectivity index (χ0) is 19.3. The number of nitrogens with zero attached hydrogens (tertiary/aromatic N) is 2. The number of H-pyrrole nitrogens is 1. The van der Waals surface area contributed by atoms with E-state index in [1.54, 1.807) is 12.1 Å². The van der Waals surface area contributed by atoms with E-state index in [1.807, 2.05) is 65.5 Å². The second kappa shape index (κ2) is 7.92. The van der Waals surface area contributed by atoms with Crippen LogP contribution in [0.3, 0.4) is 0 Å². The van der Waals surface area contributed by atoms with E-state index in [0.29, 0.717) is 18.8 Å². The maximum absolute atomic E-state index is 12.3. The number of carbonyl (C=O) groups excluding carboxylic acids is 1. The van der Waals surface area contributed by atoms with Crippen LogP contribution < -0.4 is 10.9 Å². The SMILES string of the molecule is O=C(NCCCn1ncc2ccccc21)c1ccc(-c2ccccc2)[nH]c1=O. The van der Waals surface area contributed by atoms with Gasteiger partial charge >= 0.3 is 0 Å². The molecule has 0 saturated heterocycles. The molecule has 2 heterocycles. The Morgan fingerprint density at radius 3 is 2.61 bits per heavy atom. The van der Waals surface area contributed by atoms with Gasteiger partial charge in [-0.25, -0.2) is 0 Å². The van der Waals surface area contributed by atoms with E-state index >= 15 is 0 Å². The number of hydrogen-bond donors (Lipinski definition) is 2. The Bertz CT molecular complexity index is 1160. The summed E-state index contributed by atoms with van der Waals surface area (Å²) in [4.78, 5) is 27.4. The highest BCUT2D eigenvalue weighted by atomic mass is 16.2. The summed E-state index contributed by atoms with van der Waals surface area (Å²) in [6, 6.07) is 20.8. The van der Waals surface area contributed by atoms with Crippen molar-refractivity contribution in [3.63, 3.8) is 0 Å². The van der Waals surface area contributed by atoms with Gasteiger partial charge < -0.3 is 10.3 Å². The summed E-state index contributed by atoms with van der Waals surface area (Å²) in [5.74, 6) is -0.369. The largest absolute Gasteiger partial charge is 0.352 e. The molecule has 0 aliphatic heterocycles. The third kappa shape index (κ3) is 3.71. The van der Waals surface area contributed by atoms with Gasteiger partial charge in [-0.1, -0.05) is 48.5 Å². The summed E-state index contributed by atoms with van der Waals surface area (Å²) in [6.07, 6.45) is 2.55. The van der Waals surface area contributed by atoms with E-state index in [2.05, 4.69) is 15.4 Å². The number of carbonyl (C=O) groups is 1. The second-order valence-corrected chi connectivity index (χ2v) is 6.52. The lowest BCUT2D eigenvalue weighted by molar-refractivity contribution is 0.0951. The first kappa shape index (κ1) is 17.7. The maximum atomic E-state index is 12.3. The van der Waals surface area contributed by atoms with Gasteiger partial charge in [0.25, 0.3) is 11.5 Å². The fraction of sp³-hybridized carbons (Fsp3) is 0.136. The van der Waals surface area contributed by atoms with E-state index in [4.69, 9.17) is 0 Å². The van der Waals surface area contributed by atoms with Gasteiger partial charge in [0.15, 0.2) is 0 Å². The third-order valence-electron chi connectivity index (χ3n) is 4.62. The van der Waals surface area contributed by atoms with Gasteiger partial charge in [0.2, 0.25) is 0 Å². The first-order valence-electron chi connectivity index (χ1n) is 9.20. The van der Waals surface area contributed by atoms with E-state index in [9.17, 15) is 9.59 Å². The number of benzene rings is 2. The van der Waals surface area contributed by atoms with Crippen LogP contribution in [-0.4, -0.2) is 27.2 Å². The monoisotopic (exact) mass is 372 g/mol. The number of para-hydroxylation sites is 1. The molecule has 28 heavy (non-hydrogen) atoms. The van der Waals surface area contributed by atoms with Crippen LogP contribution in [0.1, 0.15) is 16.8 Å². The minimum Gasteiger partial charge on any atom is -0.352 e. The lowest BCUT2D eigenvalue weighted by atomic mass is 10.1. The van der Waals surface area contributed by atoms with Gasteiger partial charge in [-0.2, -0.15) is 5.10 Å². The van der Waals surface area contributed by atoms with Crippen molar-refractivity contribution in [3.8, 4) is 11.3 Å². The molecular formula is C22H20N4O2. The zero-order valence-corrected chi connectivity index (χ0v) is 15.3. The first-order valence-corrected chi connectivity index (χ1v) is 9.20. The Hall–Kier alpha value is -3.67. The Kier molecular flexibility index (Phi) is 5.01. The molecule has 0 atom stereocenters. The fourth-order valence-electron chi connectivity index (χ4n) is 3.17. The number of amides is 1. The normalized spacial score (nSPS) is 10.9. The number of rotatable bonds is 6. The van der Waals surface area contributed by atoms with Gasteiger partial charge in [0.05, 0.1) is 11.7 Å². The summed E-state index contributed by atoms with van der Waals surface area (Å²) in [5, 5.41) is 8.28. The maximum Gasteiger partial charge on any atom is 0.261 e. The van der Waals surface area contributed by atoms with Crippen LogP contribution in [0, 0.1) is 0 Å². The second-order valence-electron chi connectivity index (χ2n) is 6.52. The minimum atomic E-state index is -0.392. The van der Waals surface area contributed by atoms with E-state index < -0.39 is 5.56 Å². The summed E-state index contributed by atoms with van der Waals surface area (Å²) in [7, 11) is 0. The van der Waals surface area contributed by atoms with Crippen molar-refractivity contribution >= 4 is 16.8 Å². The highest BCUT2D eigenvalue weighted by molar-refractivity contribution is 5.94. The van der Waals surface area contributed by atoms with Crippen LogP contribution >= 0.6 is 0 Å². The van der Waals surface area contributed by atoms with Gasteiger partial charge in [-0.15, -0.1) is 0 Å². The van der Waals surface area contributed by atoms with Crippen molar-refractivity contribution in [3.05, 3.63) is 88.8 Å². The Morgan fingerprint density at radius 2 is 1.79 bits per heavy atom. The number of aromatic nitrogens is 3. The van der Waals surface area contributed by atoms with Crippen molar-refractivity contribution in [1.29, 1.82) is 0 Å². The van der Waals surface area contributed by atoms with Crippen LogP contribution in [0.15, 0.2) is 77.7 Å². The highest BCUT2D eigenvalue weighted by Crippen LogP contribution is 2.15. The van der Waals surface area contributed by atoms with E-state index in [-0.39, 0.29) is 11.5 Å². The summed E-state index contributed by atoms with van der Waals surface area (Å²) in [5.41, 5.74) is 2.38. The number of aryl methyl sites for hydroxylation is 1. The predicted molar refractivity (Wildman–Crippen MR) is 109 cm³/mol. The third-order valence-corrected chi connectivity index (χ3v) is 4.62. The molecule has 140 valence electrons. The molecule has 2 aromatic carbocycles. The lowest BCUT2D eigenvalue weighted by Gasteiger charge is -2.07. The first-order chi connectivity index (χ1) is 13.7. The number of fused-ring (bicyclic) bond motifs is 1. The molecule has 0 bridgehead atoms. The van der Waals surface area contributed by atoms with Crippen molar-refractivity contribution in [2.75, 3.05) is 6.54 Å². The molecule has 0 aliphatic rings. The fourth-order valence-corrected chi connectivity index (χ4v) is 3.17. The van der Waals surface area contributed by atoms with Crippen molar-refractivity contribution < 1.29 is 4.79 Å². The molecule has 0 fully saturated rings. The average molecular weight is 372 g/mol. The molecular weight excluding hydrogens is 352 g/mol. The van der Waals surface area contributed by atoms with Crippen molar-refractivity contribution in [2.24, 2.45) is 0 Å². The lowest BCUT2D eigenvalue weighted by Crippen LogP contribution is -2.30. The quantitative estimate of drug-likeness (QED) is 0.510. The number of pyridine rings is 1. The van der Waals surface area contributed by atoms with Gasteiger partial charge in [-0.3, -0.25) is 14.3 Å². The summed E-state index contributed by atoms with van der Waals surface area (Å²) in [6.45, 7) is 1.16. The summed E-state index contributed by atoms with van der Waals surface area (Å²) >= 11 is 0. The predicted octanol–water partition coefficient (Wildman–Crippen LogP) is 3.21. The Labute approximate surface area is 161 Å². The molecule has 6 nitrogen and oxygen atoms in total. The molecule has 0 aliphatic carbocycles. The molecule has 0 unspecified atom stereocenters. The molecule has 0 radical (unpaired) electrons. The smallest absolute Gasteiger partial charge is 0.261 e. The van der Waals surface area contributed by atoms with Crippen molar-refractivity contribution in [1.82, 2.24) is 20.1 Å². The molecule has 4 rings (SSSR count). The van der Waals surface area contributed by atoms with Crippen LogP contribution in [-0.2, 0) is 6.54 Å². The van der Waals surface area contributed by atoms with Gasteiger partial charge in [-0.05, 0) is 30.2 Å². The average Bonchev–Trinajstić information content (AvgIpc) is 3.15. The minimum absolute atomic E-state index is 0.115. The molecule has 2 N–H and O–H groups in total. The number of hydrogen-bond acceptors (Lipinski definition) is 3.